The number of ether oxygens (including phenoxy) is 2. The number of carbonyl (C=O) groups excluding carboxylic acids is 7. The first-order valence-corrected chi connectivity index (χ1v) is 16.9. The smallest absolute Gasteiger partial charge is 0.407 e. The number of aliphatic hydroxyl groups is 1. The number of nitrogens with two attached hydrogens (primary N) is 1. The molecule has 7 N–H and O–H groups in total. The molecular formula is C34H52N6O10. The molecule has 1 fully saturated rings. The fourth-order valence-corrected chi connectivity index (χ4v) is 5.19. The van der Waals surface area contributed by atoms with E-state index < -0.39 is 84.8 Å². The Morgan fingerprint density at radius 3 is 2.22 bits per heavy atom. The summed E-state index contributed by atoms with van der Waals surface area (Å²) in [5, 5.41) is 18.7. The Labute approximate surface area is 292 Å². The minimum atomic E-state index is -1.28. The largest absolute Gasteiger partial charge is 0.449 e. The molecule has 0 aromatic heterocycles. The summed E-state index contributed by atoms with van der Waals surface area (Å²) >= 11 is 0. The second kappa shape index (κ2) is 20.8. The molecule has 0 saturated carbocycles. The van der Waals surface area contributed by atoms with Crippen molar-refractivity contribution in [3.05, 3.63) is 35.9 Å². The van der Waals surface area contributed by atoms with Gasteiger partial charge in [-0.25, -0.2) is 4.79 Å². The summed E-state index contributed by atoms with van der Waals surface area (Å²) in [4.78, 5) is 91.3. The Hall–Kier alpha value is -4.57. The van der Waals surface area contributed by atoms with E-state index in [4.69, 9.17) is 20.3 Å². The van der Waals surface area contributed by atoms with E-state index >= 15 is 0 Å². The number of ketones is 1. The predicted octanol–water partition coefficient (Wildman–Crippen LogP) is -0.0978. The summed E-state index contributed by atoms with van der Waals surface area (Å²) in [6.45, 7) is 8.31. The van der Waals surface area contributed by atoms with Crippen LogP contribution in [0.3, 0.4) is 0 Å². The molecule has 1 aliphatic heterocycles. The summed E-state index contributed by atoms with van der Waals surface area (Å²) in [7, 11) is 0. The molecule has 16 nitrogen and oxygen atoms in total. The van der Waals surface area contributed by atoms with Crippen LogP contribution in [0.4, 0.5) is 4.79 Å². The lowest BCUT2D eigenvalue weighted by Crippen LogP contribution is -2.57. The highest BCUT2D eigenvalue weighted by atomic mass is 16.5. The zero-order valence-electron chi connectivity index (χ0n) is 29.4. The minimum absolute atomic E-state index is 0.0280. The lowest BCUT2D eigenvalue weighted by atomic mass is 10.0. The predicted molar refractivity (Wildman–Crippen MR) is 181 cm³/mol. The maximum atomic E-state index is 14.0. The lowest BCUT2D eigenvalue weighted by molar-refractivity contribution is -0.143. The molecule has 0 bridgehead atoms. The second-order valence-corrected chi connectivity index (χ2v) is 13.0. The summed E-state index contributed by atoms with van der Waals surface area (Å²) in [6.07, 6.45) is -0.895. The van der Waals surface area contributed by atoms with Gasteiger partial charge in [-0.2, -0.15) is 0 Å². The number of hydrogen-bond acceptors (Lipinski definition) is 10. The molecule has 0 radical (unpaired) electrons. The number of Topliss-reactive ketones (excluding diaryl/α,β-unsaturated/α-hetero) is 1. The van der Waals surface area contributed by atoms with Gasteiger partial charge < -0.3 is 46.5 Å². The molecule has 0 aliphatic carbocycles. The van der Waals surface area contributed by atoms with Crippen molar-refractivity contribution in [1.82, 2.24) is 26.2 Å². The van der Waals surface area contributed by atoms with Crippen molar-refractivity contribution in [3.63, 3.8) is 0 Å². The Kier molecular flexibility index (Phi) is 17.3. The van der Waals surface area contributed by atoms with Gasteiger partial charge in [0.05, 0.1) is 31.9 Å². The molecule has 50 heavy (non-hydrogen) atoms. The highest BCUT2D eigenvalue weighted by Gasteiger charge is 2.44. The maximum absolute atomic E-state index is 14.0. The van der Waals surface area contributed by atoms with E-state index in [1.807, 2.05) is 44.2 Å². The van der Waals surface area contributed by atoms with Crippen molar-refractivity contribution in [3.8, 4) is 0 Å². The molecule has 1 aliphatic rings. The first kappa shape index (κ1) is 41.6. The highest BCUT2D eigenvalue weighted by Crippen LogP contribution is 2.25. The Morgan fingerprint density at radius 2 is 1.64 bits per heavy atom. The van der Waals surface area contributed by atoms with Gasteiger partial charge in [0, 0.05) is 19.6 Å². The number of likely N-dealkylation sites (tertiary alicyclic amines) is 1. The topological polar surface area (TPSA) is 236 Å². The van der Waals surface area contributed by atoms with Crippen LogP contribution in [0.25, 0.3) is 0 Å². The first-order chi connectivity index (χ1) is 23.7. The molecule has 5 unspecified atom stereocenters. The monoisotopic (exact) mass is 704 g/mol. The summed E-state index contributed by atoms with van der Waals surface area (Å²) < 4.78 is 11.3. The summed E-state index contributed by atoms with van der Waals surface area (Å²) in [5.41, 5.74) is 6.09. The molecule has 1 saturated heterocycles. The average molecular weight is 705 g/mol. The van der Waals surface area contributed by atoms with Crippen molar-refractivity contribution in [2.45, 2.75) is 97.2 Å². The van der Waals surface area contributed by atoms with Crippen LogP contribution >= 0.6 is 0 Å². The minimum Gasteiger partial charge on any atom is -0.449 e. The van der Waals surface area contributed by atoms with E-state index in [9.17, 15) is 33.6 Å². The molecule has 1 aromatic carbocycles. The van der Waals surface area contributed by atoms with Crippen LogP contribution in [0, 0.1) is 11.8 Å². The van der Waals surface area contributed by atoms with Crippen molar-refractivity contribution < 1.29 is 48.1 Å². The van der Waals surface area contributed by atoms with Crippen LogP contribution in [-0.2, 0) is 44.8 Å². The van der Waals surface area contributed by atoms with Gasteiger partial charge in [-0.3, -0.25) is 28.8 Å². The number of nitrogens with one attached hydrogen (secondary N) is 4. The summed E-state index contributed by atoms with van der Waals surface area (Å²) in [5.74, 6) is -5.39. The van der Waals surface area contributed by atoms with Crippen LogP contribution in [-0.4, -0.2) is 108 Å². The molecular weight excluding hydrogens is 652 g/mol. The van der Waals surface area contributed by atoms with Gasteiger partial charge >= 0.3 is 6.09 Å². The molecule has 278 valence electrons. The number of alkyl carbamates (subject to hydrolysis) is 1. The highest BCUT2D eigenvalue weighted by molar-refractivity contribution is 6.38. The first-order valence-electron chi connectivity index (χ1n) is 16.9. The van der Waals surface area contributed by atoms with Gasteiger partial charge in [-0.05, 0) is 30.2 Å². The fraction of sp³-hybridized carbons (Fsp3) is 0.618. The third kappa shape index (κ3) is 13.4. The van der Waals surface area contributed by atoms with E-state index in [1.165, 1.54) is 4.90 Å². The standard InChI is InChI=1S/C34H52N6O10/c1-6-10-24(29(43)32(46)36-16-27(42)37-25(13-14-41)30(35)44)38-31(45)26-15-23(49-19-22-11-8-7-9-12-22)17-40(26)33(47)28(21(4)5)39-34(48)50-18-20(2)3/h7-9,11-12,20-21,23-26,28,41H,6,10,13-19H2,1-5H3,(H2,35,44)(H,36,46)(H,37,42)(H,38,45)(H,39,48). The van der Waals surface area contributed by atoms with Crippen molar-refractivity contribution in [2.75, 3.05) is 26.3 Å². The van der Waals surface area contributed by atoms with Gasteiger partial charge in [-0.15, -0.1) is 0 Å². The number of amides is 6. The third-order valence-corrected chi connectivity index (χ3v) is 7.87. The van der Waals surface area contributed by atoms with E-state index in [-0.39, 0.29) is 50.9 Å². The van der Waals surface area contributed by atoms with Crippen LogP contribution in [0.2, 0.25) is 0 Å². The molecule has 0 spiro atoms. The van der Waals surface area contributed by atoms with E-state index in [1.54, 1.807) is 20.8 Å². The number of rotatable bonds is 20. The number of nitrogens with zero attached hydrogens (tertiary/aromatic N) is 1. The van der Waals surface area contributed by atoms with E-state index in [0.29, 0.717) is 6.42 Å². The number of carbonyl (C=O) groups is 7. The Balaban J connectivity index is 2.21. The number of benzene rings is 1. The van der Waals surface area contributed by atoms with Gasteiger partial charge in [-0.1, -0.05) is 71.4 Å². The zero-order valence-corrected chi connectivity index (χ0v) is 29.4. The lowest BCUT2D eigenvalue weighted by Gasteiger charge is -2.31. The zero-order chi connectivity index (χ0) is 37.4. The number of primary amides is 1. The van der Waals surface area contributed by atoms with Crippen molar-refractivity contribution >= 4 is 41.4 Å². The van der Waals surface area contributed by atoms with Gasteiger partial charge in [0.2, 0.25) is 29.4 Å². The van der Waals surface area contributed by atoms with Crippen LogP contribution in [0.1, 0.15) is 65.9 Å². The maximum Gasteiger partial charge on any atom is 0.407 e. The van der Waals surface area contributed by atoms with Crippen molar-refractivity contribution in [1.29, 1.82) is 0 Å². The fourth-order valence-electron chi connectivity index (χ4n) is 5.19. The molecule has 16 heteroatoms. The Bertz CT molecular complexity index is 1320. The number of aliphatic hydroxyl groups excluding tert-OH is 1. The van der Waals surface area contributed by atoms with E-state index in [0.717, 1.165) is 5.56 Å². The quantitative estimate of drug-likeness (QED) is 0.0987. The third-order valence-electron chi connectivity index (χ3n) is 7.87. The van der Waals surface area contributed by atoms with Gasteiger partial charge in [0.15, 0.2) is 0 Å². The Morgan fingerprint density at radius 1 is 0.960 bits per heavy atom. The van der Waals surface area contributed by atoms with E-state index in [2.05, 4.69) is 21.3 Å². The SMILES string of the molecule is CCCC(NC(=O)C1CC(OCc2ccccc2)CN1C(=O)C(NC(=O)OCC(C)C)C(C)C)C(=O)C(=O)NCC(=O)NC(CCO)C(N)=O. The van der Waals surface area contributed by atoms with Gasteiger partial charge in [0.1, 0.15) is 18.1 Å². The molecule has 6 amide bonds. The van der Waals surface area contributed by atoms with Gasteiger partial charge in [0.25, 0.3) is 5.91 Å². The molecule has 2 rings (SSSR count). The van der Waals surface area contributed by atoms with Crippen LogP contribution in [0.5, 0.6) is 0 Å². The van der Waals surface area contributed by atoms with Crippen molar-refractivity contribution in [2.24, 2.45) is 17.6 Å². The average Bonchev–Trinajstić information content (AvgIpc) is 3.51. The van der Waals surface area contributed by atoms with Crippen LogP contribution in [0.15, 0.2) is 30.3 Å². The number of hydrogen-bond donors (Lipinski definition) is 6. The normalized spacial score (nSPS) is 17.4. The molecule has 5 atom stereocenters. The molecule has 1 heterocycles. The summed E-state index contributed by atoms with van der Waals surface area (Å²) in [6, 6.07) is 4.76. The second-order valence-electron chi connectivity index (χ2n) is 13.0. The van der Waals surface area contributed by atoms with Crippen LogP contribution < -0.4 is 27.0 Å². The molecule has 1 aromatic rings.